The molecule has 1 aromatic rings. The van der Waals surface area contributed by atoms with Gasteiger partial charge in [-0.1, -0.05) is 18.0 Å². The monoisotopic (exact) mass is 332 g/mol. The first-order valence-electron chi connectivity index (χ1n) is 9.45. The van der Waals surface area contributed by atoms with Crippen LogP contribution in [0.25, 0.3) is 0 Å². The number of carbonyl (C=O) groups excluding carboxylic acids is 1. The SMILES string of the molecule is O=C(NC1CCCC(C2CC2)C1)N1CCN(Cc2ccon2)CC1. The van der Waals surface area contributed by atoms with E-state index in [4.69, 9.17) is 4.52 Å². The minimum absolute atomic E-state index is 0.137. The van der Waals surface area contributed by atoms with E-state index in [1.165, 1.54) is 32.1 Å². The third-order valence-corrected chi connectivity index (χ3v) is 5.87. The highest BCUT2D eigenvalue weighted by Gasteiger charge is 2.35. The van der Waals surface area contributed by atoms with E-state index in [9.17, 15) is 4.79 Å². The molecule has 3 aliphatic rings. The first-order valence-corrected chi connectivity index (χ1v) is 9.45. The van der Waals surface area contributed by atoms with E-state index in [2.05, 4.69) is 15.4 Å². The molecule has 2 unspecified atom stereocenters. The molecule has 6 nitrogen and oxygen atoms in total. The van der Waals surface area contributed by atoms with Gasteiger partial charge in [-0.3, -0.25) is 4.90 Å². The zero-order chi connectivity index (χ0) is 16.4. The lowest BCUT2D eigenvalue weighted by atomic mass is 9.83. The smallest absolute Gasteiger partial charge is 0.317 e. The van der Waals surface area contributed by atoms with Crippen LogP contribution >= 0.6 is 0 Å². The zero-order valence-electron chi connectivity index (χ0n) is 14.3. The van der Waals surface area contributed by atoms with Gasteiger partial charge in [0.05, 0.1) is 5.69 Å². The van der Waals surface area contributed by atoms with Gasteiger partial charge in [0.1, 0.15) is 6.26 Å². The number of nitrogens with one attached hydrogen (secondary N) is 1. The van der Waals surface area contributed by atoms with Gasteiger partial charge in [0.2, 0.25) is 0 Å². The third kappa shape index (κ3) is 3.91. The van der Waals surface area contributed by atoms with Crippen molar-refractivity contribution in [3.63, 3.8) is 0 Å². The maximum atomic E-state index is 12.6. The third-order valence-electron chi connectivity index (χ3n) is 5.87. The Kier molecular flexibility index (Phi) is 4.74. The molecule has 0 radical (unpaired) electrons. The van der Waals surface area contributed by atoms with Crippen LogP contribution in [0.3, 0.4) is 0 Å². The number of rotatable bonds is 4. The van der Waals surface area contributed by atoms with Crippen molar-refractivity contribution in [2.24, 2.45) is 11.8 Å². The van der Waals surface area contributed by atoms with E-state index in [-0.39, 0.29) is 6.03 Å². The second-order valence-electron chi connectivity index (χ2n) is 7.66. The predicted molar refractivity (Wildman–Crippen MR) is 90.4 cm³/mol. The second kappa shape index (κ2) is 7.13. The quantitative estimate of drug-likeness (QED) is 0.920. The van der Waals surface area contributed by atoms with Crippen molar-refractivity contribution in [2.75, 3.05) is 26.2 Å². The van der Waals surface area contributed by atoms with Gasteiger partial charge >= 0.3 is 6.03 Å². The Morgan fingerprint density at radius 2 is 2.00 bits per heavy atom. The molecular weight excluding hydrogens is 304 g/mol. The second-order valence-corrected chi connectivity index (χ2v) is 7.66. The summed E-state index contributed by atoms with van der Waals surface area (Å²) in [5, 5.41) is 7.26. The number of hydrogen-bond acceptors (Lipinski definition) is 4. The largest absolute Gasteiger partial charge is 0.364 e. The summed E-state index contributed by atoms with van der Waals surface area (Å²) in [4.78, 5) is 16.8. The standard InChI is InChI=1S/C18H28N4O2/c23-18(19-16-3-1-2-15(12-16)14-4-5-14)22-9-7-21(8-10-22)13-17-6-11-24-20-17/h6,11,14-16H,1-5,7-10,12-13H2,(H,19,23). The molecule has 0 spiro atoms. The van der Waals surface area contributed by atoms with Crippen molar-refractivity contribution in [1.29, 1.82) is 0 Å². The van der Waals surface area contributed by atoms with Crippen molar-refractivity contribution in [2.45, 2.75) is 51.1 Å². The molecule has 24 heavy (non-hydrogen) atoms. The number of nitrogens with zero attached hydrogens (tertiary/aromatic N) is 3. The molecule has 2 heterocycles. The van der Waals surface area contributed by atoms with Crippen LogP contribution in [0.5, 0.6) is 0 Å². The summed E-state index contributed by atoms with van der Waals surface area (Å²) in [7, 11) is 0. The topological polar surface area (TPSA) is 61.6 Å². The molecule has 6 heteroatoms. The van der Waals surface area contributed by atoms with E-state index >= 15 is 0 Å². The number of urea groups is 1. The van der Waals surface area contributed by atoms with Crippen molar-refractivity contribution >= 4 is 6.03 Å². The minimum atomic E-state index is 0.137. The summed E-state index contributed by atoms with van der Waals surface area (Å²) >= 11 is 0. The molecule has 2 atom stereocenters. The van der Waals surface area contributed by atoms with E-state index < -0.39 is 0 Å². The fourth-order valence-corrected chi connectivity index (χ4v) is 4.28. The van der Waals surface area contributed by atoms with Crippen LogP contribution in [0.4, 0.5) is 4.79 Å². The molecule has 0 bridgehead atoms. The average molecular weight is 332 g/mol. The molecule has 1 N–H and O–H groups in total. The summed E-state index contributed by atoms with van der Waals surface area (Å²) < 4.78 is 4.88. The van der Waals surface area contributed by atoms with E-state index in [1.54, 1.807) is 6.26 Å². The molecule has 3 fully saturated rings. The predicted octanol–water partition coefficient (Wildman–Crippen LogP) is 2.47. The van der Waals surface area contributed by atoms with Crippen molar-refractivity contribution in [3.8, 4) is 0 Å². The van der Waals surface area contributed by atoms with Crippen LogP contribution in [-0.4, -0.2) is 53.2 Å². The molecule has 4 rings (SSSR count). The summed E-state index contributed by atoms with van der Waals surface area (Å²) in [6.45, 7) is 4.19. The molecule has 1 aliphatic heterocycles. The van der Waals surface area contributed by atoms with Gasteiger partial charge in [-0.2, -0.15) is 0 Å². The van der Waals surface area contributed by atoms with Gasteiger partial charge in [0.15, 0.2) is 0 Å². The molecule has 2 amide bonds. The number of carbonyl (C=O) groups is 1. The van der Waals surface area contributed by atoms with E-state index in [1.807, 2.05) is 11.0 Å². The zero-order valence-corrected chi connectivity index (χ0v) is 14.3. The molecule has 2 aliphatic carbocycles. The minimum Gasteiger partial charge on any atom is -0.364 e. The summed E-state index contributed by atoms with van der Waals surface area (Å²) in [6.07, 6.45) is 9.44. The van der Waals surface area contributed by atoms with Gasteiger partial charge < -0.3 is 14.7 Å². The van der Waals surface area contributed by atoms with Crippen LogP contribution in [0.15, 0.2) is 16.9 Å². The van der Waals surface area contributed by atoms with Gasteiger partial charge in [-0.05, 0) is 37.5 Å². The Morgan fingerprint density at radius 1 is 1.17 bits per heavy atom. The average Bonchev–Trinajstić information content (AvgIpc) is 3.34. The fourth-order valence-electron chi connectivity index (χ4n) is 4.28. The first-order chi connectivity index (χ1) is 11.8. The Labute approximate surface area is 143 Å². The maximum Gasteiger partial charge on any atom is 0.317 e. The number of aromatic nitrogens is 1. The molecule has 0 aromatic carbocycles. The lowest BCUT2D eigenvalue weighted by molar-refractivity contribution is 0.128. The highest BCUT2D eigenvalue weighted by molar-refractivity contribution is 5.74. The van der Waals surface area contributed by atoms with Crippen molar-refractivity contribution < 1.29 is 9.32 Å². The van der Waals surface area contributed by atoms with Crippen molar-refractivity contribution in [1.82, 2.24) is 20.3 Å². The highest BCUT2D eigenvalue weighted by atomic mass is 16.5. The van der Waals surface area contributed by atoms with Gasteiger partial charge in [0.25, 0.3) is 0 Å². The van der Waals surface area contributed by atoms with E-state index in [0.717, 1.165) is 56.7 Å². The molecular formula is C18H28N4O2. The lowest BCUT2D eigenvalue weighted by Crippen LogP contribution is -2.53. The summed E-state index contributed by atoms with van der Waals surface area (Å²) in [5.74, 6) is 1.83. The Morgan fingerprint density at radius 3 is 2.71 bits per heavy atom. The van der Waals surface area contributed by atoms with Crippen LogP contribution < -0.4 is 5.32 Å². The molecule has 1 saturated heterocycles. The molecule has 2 saturated carbocycles. The van der Waals surface area contributed by atoms with Crippen LogP contribution in [0.1, 0.15) is 44.2 Å². The van der Waals surface area contributed by atoms with Crippen LogP contribution in [0, 0.1) is 11.8 Å². The number of amides is 2. The lowest BCUT2D eigenvalue weighted by Gasteiger charge is -2.36. The Balaban J connectivity index is 1.21. The normalized spacial score (nSPS) is 28.8. The van der Waals surface area contributed by atoms with Crippen LogP contribution in [-0.2, 0) is 6.54 Å². The van der Waals surface area contributed by atoms with Gasteiger partial charge in [-0.25, -0.2) is 4.79 Å². The fraction of sp³-hybridized carbons (Fsp3) is 0.778. The van der Waals surface area contributed by atoms with Gasteiger partial charge in [-0.15, -0.1) is 0 Å². The number of piperazine rings is 1. The number of hydrogen-bond donors (Lipinski definition) is 1. The Bertz CT molecular complexity index is 535. The first kappa shape index (κ1) is 15.9. The van der Waals surface area contributed by atoms with Crippen molar-refractivity contribution in [3.05, 3.63) is 18.0 Å². The maximum absolute atomic E-state index is 12.6. The molecule has 1 aromatic heterocycles. The molecule has 132 valence electrons. The highest BCUT2D eigenvalue weighted by Crippen LogP contribution is 2.43. The van der Waals surface area contributed by atoms with E-state index in [0.29, 0.717) is 6.04 Å². The van der Waals surface area contributed by atoms with Crippen LogP contribution in [0.2, 0.25) is 0 Å². The summed E-state index contributed by atoms with van der Waals surface area (Å²) in [6, 6.07) is 2.43. The Hall–Kier alpha value is -1.56. The summed E-state index contributed by atoms with van der Waals surface area (Å²) in [5.41, 5.74) is 0.959. The van der Waals surface area contributed by atoms with Gasteiger partial charge in [0, 0.05) is 44.8 Å².